The molecule has 11 nitrogen and oxygen atoms in total. The summed E-state index contributed by atoms with van der Waals surface area (Å²) in [6, 6.07) is 0. The van der Waals surface area contributed by atoms with Crippen LogP contribution in [0, 0.1) is 0 Å². The molecule has 0 radical (unpaired) electrons. The van der Waals surface area contributed by atoms with Crippen molar-refractivity contribution in [2.75, 3.05) is 12.3 Å². The number of nitrogen functional groups attached to an aromatic ring is 1. The van der Waals surface area contributed by atoms with Crippen molar-refractivity contribution in [2.24, 2.45) is 0 Å². The molecule has 208 valence electrons. The molecule has 3 rings (SSSR count). The van der Waals surface area contributed by atoms with Crippen LogP contribution in [-0.2, 0) is 4.74 Å². The van der Waals surface area contributed by atoms with E-state index in [-0.39, 0.29) is 35.1 Å². The lowest BCUT2D eigenvalue weighted by Gasteiger charge is -2.19. The lowest BCUT2D eigenvalue weighted by molar-refractivity contribution is -0.0518. The SMILES string of the molecule is CCCCCCCCCCCCCCCC(=O)c1nc2c(=O)[nH]c(N)nc2n1[C@@H]1O[C@H](CO)[C@@H](O)[C@H]1O. The third-order valence-corrected chi connectivity index (χ3v) is 7.10. The molecule has 3 heterocycles. The fourth-order valence-electron chi connectivity index (χ4n) is 4.95. The van der Waals surface area contributed by atoms with E-state index in [9.17, 15) is 24.9 Å². The van der Waals surface area contributed by atoms with Crippen LogP contribution in [-0.4, -0.2) is 65.5 Å². The van der Waals surface area contributed by atoms with E-state index in [1.807, 2.05) is 0 Å². The zero-order valence-electron chi connectivity index (χ0n) is 21.9. The monoisotopic (exact) mass is 521 g/mol. The number of anilines is 1. The van der Waals surface area contributed by atoms with Crippen molar-refractivity contribution in [3.05, 3.63) is 16.2 Å². The number of aromatic amines is 1. The zero-order chi connectivity index (χ0) is 26.8. The Morgan fingerprint density at radius 3 is 2.05 bits per heavy atom. The van der Waals surface area contributed by atoms with E-state index >= 15 is 0 Å². The minimum absolute atomic E-state index is 0.0233. The van der Waals surface area contributed by atoms with Crippen LogP contribution in [0.1, 0.15) is 114 Å². The number of ether oxygens (including phenoxy) is 1. The molecule has 0 bridgehead atoms. The largest absolute Gasteiger partial charge is 0.394 e. The molecule has 0 amide bonds. The summed E-state index contributed by atoms with van der Waals surface area (Å²) in [6.07, 6.45) is 10.6. The van der Waals surface area contributed by atoms with Crippen LogP contribution in [0.2, 0.25) is 0 Å². The predicted molar refractivity (Wildman–Crippen MR) is 140 cm³/mol. The number of aliphatic hydroxyl groups is 3. The number of ketones is 1. The molecule has 2 aromatic rings. The van der Waals surface area contributed by atoms with Crippen LogP contribution in [0.15, 0.2) is 4.79 Å². The fraction of sp³-hybridized carbons (Fsp3) is 0.769. The molecule has 6 N–H and O–H groups in total. The molecule has 1 aliphatic rings. The van der Waals surface area contributed by atoms with Crippen molar-refractivity contribution in [1.82, 2.24) is 19.5 Å². The van der Waals surface area contributed by atoms with Crippen LogP contribution in [0.3, 0.4) is 0 Å². The van der Waals surface area contributed by atoms with Gasteiger partial charge in [0.1, 0.15) is 18.3 Å². The van der Waals surface area contributed by atoms with Gasteiger partial charge in [-0.25, -0.2) is 4.98 Å². The molecule has 4 atom stereocenters. The summed E-state index contributed by atoms with van der Waals surface area (Å²) in [5.41, 5.74) is 4.94. The van der Waals surface area contributed by atoms with E-state index in [0.29, 0.717) is 6.42 Å². The molecular formula is C26H43N5O6. The van der Waals surface area contributed by atoms with E-state index in [4.69, 9.17) is 10.5 Å². The van der Waals surface area contributed by atoms with Gasteiger partial charge in [-0.15, -0.1) is 0 Å². The van der Waals surface area contributed by atoms with E-state index in [1.54, 1.807) is 0 Å². The van der Waals surface area contributed by atoms with Crippen LogP contribution in [0.25, 0.3) is 11.2 Å². The molecule has 0 saturated carbocycles. The average Bonchev–Trinajstić information content (AvgIpc) is 3.39. The molecule has 37 heavy (non-hydrogen) atoms. The Kier molecular flexibility index (Phi) is 11.5. The van der Waals surface area contributed by atoms with Gasteiger partial charge in [-0.2, -0.15) is 4.98 Å². The first-order chi connectivity index (χ1) is 17.9. The van der Waals surface area contributed by atoms with Gasteiger partial charge >= 0.3 is 0 Å². The van der Waals surface area contributed by atoms with Crippen molar-refractivity contribution in [3.63, 3.8) is 0 Å². The van der Waals surface area contributed by atoms with Gasteiger partial charge in [-0.3, -0.25) is 19.1 Å². The maximum Gasteiger partial charge on any atom is 0.280 e. The number of nitrogens with two attached hydrogens (primary N) is 1. The van der Waals surface area contributed by atoms with Crippen molar-refractivity contribution < 1.29 is 24.9 Å². The van der Waals surface area contributed by atoms with Crippen LogP contribution < -0.4 is 11.3 Å². The summed E-state index contributed by atoms with van der Waals surface area (Å²) in [7, 11) is 0. The number of aliphatic hydroxyl groups excluding tert-OH is 3. The first-order valence-electron chi connectivity index (χ1n) is 13.8. The Hall–Kier alpha value is -2.34. The molecule has 0 aliphatic carbocycles. The third-order valence-electron chi connectivity index (χ3n) is 7.10. The first kappa shape index (κ1) is 29.2. The topological polar surface area (TPSA) is 177 Å². The number of fused-ring (bicyclic) bond motifs is 1. The first-order valence-corrected chi connectivity index (χ1v) is 13.8. The minimum Gasteiger partial charge on any atom is -0.394 e. The molecule has 1 fully saturated rings. The molecule has 0 aromatic carbocycles. The summed E-state index contributed by atoms with van der Waals surface area (Å²) < 4.78 is 6.83. The second-order valence-electron chi connectivity index (χ2n) is 10.1. The van der Waals surface area contributed by atoms with Crippen molar-refractivity contribution in [1.29, 1.82) is 0 Å². The molecule has 1 aliphatic heterocycles. The van der Waals surface area contributed by atoms with Gasteiger partial charge in [-0.1, -0.05) is 84.0 Å². The lowest BCUT2D eigenvalue weighted by Crippen LogP contribution is -2.33. The van der Waals surface area contributed by atoms with E-state index in [0.717, 1.165) is 19.3 Å². The molecule has 0 spiro atoms. The predicted octanol–water partition coefficient (Wildman–Crippen LogP) is 2.98. The number of carbonyl (C=O) groups excluding carboxylic acids is 1. The van der Waals surface area contributed by atoms with Crippen LogP contribution in [0.4, 0.5) is 5.95 Å². The highest BCUT2D eigenvalue weighted by Gasteiger charge is 2.45. The van der Waals surface area contributed by atoms with E-state index in [2.05, 4.69) is 21.9 Å². The summed E-state index contributed by atoms with van der Waals surface area (Å²) in [5.74, 6) is -0.593. The Morgan fingerprint density at radius 2 is 1.51 bits per heavy atom. The number of nitrogens with one attached hydrogen (secondary N) is 1. The number of hydrogen-bond donors (Lipinski definition) is 5. The number of Topliss-reactive ketones (excluding diaryl/α,β-unsaturated/α-hetero) is 1. The highest BCUT2D eigenvalue weighted by Crippen LogP contribution is 2.33. The Balaban J connectivity index is 1.53. The fourth-order valence-corrected chi connectivity index (χ4v) is 4.95. The van der Waals surface area contributed by atoms with Crippen molar-refractivity contribution in [3.8, 4) is 0 Å². The van der Waals surface area contributed by atoms with Gasteiger partial charge in [0.25, 0.3) is 5.56 Å². The number of H-pyrrole nitrogens is 1. The molecule has 2 aromatic heterocycles. The minimum atomic E-state index is -1.46. The molecular weight excluding hydrogens is 478 g/mol. The second kappa shape index (κ2) is 14.6. The molecule has 1 saturated heterocycles. The molecule has 0 unspecified atom stereocenters. The van der Waals surface area contributed by atoms with E-state index in [1.165, 1.54) is 62.4 Å². The van der Waals surface area contributed by atoms with Gasteiger partial charge in [0.05, 0.1) is 6.61 Å². The van der Waals surface area contributed by atoms with Crippen molar-refractivity contribution >= 4 is 22.9 Å². The maximum atomic E-state index is 13.1. The average molecular weight is 522 g/mol. The normalized spacial score (nSPS) is 21.7. The molecule has 11 heteroatoms. The number of rotatable bonds is 17. The van der Waals surface area contributed by atoms with Gasteiger partial charge in [0, 0.05) is 6.42 Å². The Labute approximate surface area is 217 Å². The number of nitrogens with zero attached hydrogens (tertiary/aromatic N) is 3. The number of hydrogen-bond acceptors (Lipinski definition) is 9. The standard InChI is InChI=1S/C26H43N5O6/c1-2-3-4-5-6-7-8-9-10-11-12-13-14-15-17(33)22-28-19-23(29-26(27)30-24(19)36)31(22)25-21(35)20(34)18(16-32)37-25/h18,20-21,25,32,34-35H,2-16H2,1H3,(H3,27,29,30,36)/t18-,20-,21-,25-/m1/s1. The Morgan fingerprint density at radius 1 is 0.946 bits per heavy atom. The Bertz CT molecular complexity index is 1050. The number of unbranched alkanes of at least 4 members (excludes halogenated alkanes) is 12. The number of imidazole rings is 1. The van der Waals surface area contributed by atoms with Gasteiger partial charge in [0.2, 0.25) is 5.95 Å². The lowest BCUT2D eigenvalue weighted by atomic mass is 10.0. The van der Waals surface area contributed by atoms with E-state index < -0.39 is 36.7 Å². The van der Waals surface area contributed by atoms with Gasteiger partial charge < -0.3 is 25.8 Å². The third kappa shape index (κ3) is 7.59. The summed E-state index contributed by atoms with van der Waals surface area (Å²) in [5, 5.41) is 30.2. The highest BCUT2D eigenvalue weighted by molar-refractivity contribution is 5.95. The number of carbonyl (C=O) groups is 1. The number of aromatic nitrogens is 4. The quantitative estimate of drug-likeness (QED) is 0.155. The summed E-state index contributed by atoms with van der Waals surface area (Å²) in [6.45, 7) is 1.71. The summed E-state index contributed by atoms with van der Waals surface area (Å²) >= 11 is 0. The van der Waals surface area contributed by atoms with Crippen LogP contribution in [0.5, 0.6) is 0 Å². The second-order valence-corrected chi connectivity index (χ2v) is 10.1. The highest BCUT2D eigenvalue weighted by atomic mass is 16.6. The van der Waals surface area contributed by atoms with Gasteiger partial charge in [-0.05, 0) is 6.42 Å². The maximum absolute atomic E-state index is 13.1. The van der Waals surface area contributed by atoms with Gasteiger partial charge in [0.15, 0.2) is 29.0 Å². The van der Waals surface area contributed by atoms with Crippen LogP contribution >= 0.6 is 0 Å². The summed E-state index contributed by atoms with van der Waals surface area (Å²) in [4.78, 5) is 36.2. The van der Waals surface area contributed by atoms with Crippen molar-refractivity contribution in [2.45, 2.75) is 121 Å². The zero-order valence-corrected chi connectivity index (χ0v) is 21.9. The smallest absolute Gasteiger partial charge is 0.280 e.